The van der Waals surface area contributed by atoms with E-state index in [1.165, 1.54) is 35.7 Å². The Morgan fingerprint density at radius 1 is 0.750 bits per heavy atom. The largest absolute Gasteiger partial charge is 0.396 e. The molecule has 0 aliphatic heterocycles. The van der Waals surface area contributed by atoms with E-state index < -0.39 is 0 Å². The number of pyridine rings is 1. The smallest absolute Gasteiger partial charge is 0.212 e. The van der Waals surface area contributed by atoms with Crippen molar-refractivity contribution in [1.29, 1.82) is 0 Å². The second-order valence-electron chi connectivity index (χ2n) is 6.63. The summed E-state index contributed by atoms with van der Waals surface area (Å²) < 4.78 is 2.40. The van der Waals surface area contributed by atoms with Gasteiger partial charge in [-0.2, -0.15) is 4.57 Å². The predicted molar refractivity (Wildman–Crippen MR) is 99.0 cm³/mol. The molecule has 1 aromatic carbocycles. The summed E-state index contributed by atoms with van der Waals surface area (Å²) in [6.07, 6.45) is 12.2. The van der Waals surface area contributed by atoms with Crippen molar-refractivity contribution in [2.45, 2.75) is 64.3 Å². The van der Waals surface area contributed by atoms with Crippen molar-refractivity contribution in [3.8, 4) is 0 Å². The van der Waals surface area contributed by atoms with Gasteiger partial charge < -0.3 is 10.2 Å². The maximum atomic E-state index is 8.88. The van der Waals surface area contributed by atoms with E-state index >= 15 is 0 Å². The van der Waals surface area contributed by atoms with Crippen molar-refractivity contribution >= 4 is 10.9 Å². The van der Waals surface area contributed by atoms with Crippen LogP contribution in [0.4, 0.5) is 0 Å². The van der Waals surface area contributed by atoms with Crippen molar-refractivity contribution in [3.05, 3.63) is 42.1 Å². The number of benzene rings is 1. The summed E-state index contributed by atoms with van der Waals surface area (Å²) >= 11 is 0. The molecule has 0 radical (unpaired) electrons. The van der Waals surface area contributed by atoms with Crippen LogP contribution in [-0.4, -0.2) is 23.4 Å². The highest BCUT2D eigenvalue weighted by atomic mass is 16.3. The van der Waals surface area contributed by atoms with Crippen LogP contribution in [0, 0.1) is 0 Å². The van der Waals surface area contributed by atoms with Gasteiger partial charge in [-0.25, -0.2) is 0 Å². The molecule has 0 saturated heterocycles. The molecule has 0 saturated carbocycles. The van der Waals surface area contributed by atoms with Crippen LogP contribution < -0.4 is 4.57 Å². The number of hydrogen-bond donors (Lipinski definition) is 2. The van der Waals surface area contributed by atoms with Crippen LogP contribution in [0.5, 0.6) is 0 Å². The number of para-hydroxylation sites is 1. The molecule has 0 unspecified atom stereocenters. The quantitative estimate of drug-likeness (QED) is 0.459. The van der Waals surface area contributed by atoms with Crippen LogP contribution in [0.3, 0.4) is 0 Å². The van der Waals surface area contributed by atoms with Gasteiger partial charge in [0.05, 0.1) is 0 Å². The van der Waals surface area contributed by atoms with Crippen LogP contribution in [-0.2, 0) is 13.0 Å². The van der Waals surface area contributed by atoms with Gasteiger partial charge in [-0.1, -0.05) is 31.4 Å². The Kier molecular flexibility index (Phi) is 8.78. The van der Waals surface area contributed by atoms with E-state index in [9.17, 15) is 0 Å². The van der Waals surface area contributed by atoms with Crippen molar-refractivity contribution < 1.29 is 14.8 Å². The monoisotopic (exact) mass is 330 g/mol. The van der Waals surface area contributed by atoms with Gasteiger partial charge in [0, 0.05) is 36.7 Å². The zero-order valence-electron chi connectivity index (χ0n) is 14.8. The lowest BCUT2D eigenvalue weighted by atomic mass is 10.1. The van der Waals surface area contributed by atoms with E-state index in [1.807, 2.05) is 0 Å². The molecule has 24 heavy (non-hydrogen) atoms. The van der Waals surface area contributed by atoms with Gasteiger partial charge in [0.15, 0.2) is 6.20 Å². The summed E-state index contributed by atoms with van der Waals surface area (Å²) in [4.78, 5) is 0. The second-order valence-corrected chi connectivity index (χ2v) is 6.63. The first-order chi connectivity index (χ1) is 11.8. The Hall–Kier alpha value is -1.45. The molecule has 1 aromatic heterocycles. The lowest BCUT2D eigenvalue weighted by Gasteiger charge is -2.06. The third-order valence-electron chi connectivity index (χ3n) is 4.59. The Balaban J connectivity index is 1.98. The van der Waals surface area contributed by atoms with Crippen LogP contribution in [0.15, 0.2) is 36.5 Å². The molecule has 1 heterocycles. The van der Waals surface area contributed by atoms with E-state index in [0.717, 1.165) is 45.1 Å². The molecule has 0 spiro atoms. The molecule has 2 rings (SSSR count). The normalized spacial score (nSPS) is 11.2. The molecule has 0 bridgehead atoms. The standard InChI is InChI=1S/C21H32NO2/c23-15-9-3-1-5-11-19-17-20-12-6-7-13-21(20)22(18-19)14-8-2-4-10-16-24/h6-7,12-13,17-18,23-24H,1-5,8-11,14-16H2/q+1. The fourth-order valence-corrected chi connectivity index (χ4v) is 3.24. The highest BCUT2D eigenvalue weighted by Crippen LogP contribution is 2.15. The third kappa shape index (κ3) is 6.21. The minimum Gasteiger partial charge on any atom is -0.396 e. The van der Waals surface area contributed by atoms with Crippen LogP contribution in [0.2, 0.25) is 0 Å². The van der Waals surface area contributed by atoms with Gasteiger partial charge in [-0.3, -0.25) is 0 Å². The maximum absolute atomic E-state index is 8.88. The molecule has 0 aliphatic carbocycles. The molecule has 2 aromatic rings. The number of hydrogen-bond acceptors (Lipinski definition) is 2. The number of rotatable bonds is 12. The van der Waals surface area contributed by atoms with E-state index in [-0.39, 0.29) is 0 Å². The van der Waals surface area contributed by atoms with Crippen molar-refractivity contribution in [2.75, 3.05) is 13.2 Å². The minimum atomic E-state index is 0.307. The average Bonchev–Trinajstić information content (AvgIpc) is 2.61. The van der Waals surface area contributed by atoms with Crippen LogP contribution in [0.1, 0.15) is 56.9 Å². The van der Waals surface area contributed by atoms with Crippen LogP contribution >= 0.6 is 0 Å². The number of aliphatic hydroxyl groups excluding tert-OH is 2. The highest BCUT2D eigenvalue weighted by molar-refractivity contribution is 5.75. The molecule has 0 aliphatic rings. The lowest BCUT2D eigenvalue weighted by molar-refractivity contribution is -0.672. The first-order valence-electron chi connectivity index (χ1n) is 9.48. The molecular weight excluding hydrogens is 298 g/mol. The maximum Gasteiger partial charge on any atom is 0.212 e. The van der Waals surface area contributed by atoms with E-state index in [2.05, 4.69) is 41.1 Å². The second kappa shape index (κ2) is 11.2. The third-order valence-corrected chi connectivity index (χ3v) is 4.59. The topological polar surface area (TPSA) is 44.3 Å². The van der Waals surface area contributed by atoms with Gasteiger partial charge in [-0.15, -0.1) is 0 Å². The average molecular weight is 330 g/mol. The van der Waals surface area contributed by atoms with E-state index in [1.54, 1.807) is 0 Å². The van der Waals surface area contributed by atoms with Gasteiger partial charge >= 0.3 is 0 Å². The number of nitrogens with zero attached hydrogens (tertiary/aromatic N) is 1. The van der Waals surface area contributed by atoms with Crippen LogP contribution in [0.25, 0.3) is 10.9 Å². The Bertz CT molecular complexity index is 597. The molecule has 2 N–H and O–H groups in total. The fraction of sp³-hybridized carbons (Fsp3) is 0.571. The summed E-state index contributed by atoms with van der Waals surface area (Å²) in [5, 5.41) is 19.1. The number of aliphatic hydroxyl groups is 2. The molecule has 3 nitrogen and oxygen atoms in total. The lowest BCUT2D eigenvalue weighted by Crippen LogP contribution is -2.35. The Labute approximate surface area is 146 Å². The number of aryl methyl sites for hydroxylation is 2. The Morgan fingerprint density at radius 3 is 2.17 bits per heavy atom. The van der Waals surface area contributed by atoms with Crippen molar-refractivity contribution in [3.63, 3.8) is 0 Å². The molecule has 0 amide bonds. The molecule has 0 atom stereocenters. The predicted octanol–water partition coefficient (Wildman–Crippen LogP) is 3.78. The van der Waals surface area contributed by atoms with E-state index in [0.29, 0.717) is 13.2 Å². The van der Waals surface area contributed by atoms with Crippen molar-refractivity contribution in [1.82, 2.24) is 0 Å². The Morgan fingerprint density at radius 2 is 1.42 bits per heavy atom. The van der Waals surface area contributed by atoms with Crippen molar-refractivity contribution in [2.24, 2.45) is 0 Å². The first kappa shape index (κ1) is 18.9. The van der Waals surface area contributed by atoms with Gasteiger partial charge in [0.1, 0.15) is 6.54 Å². The van der Waals surface area contributed by atoms with Gasteiger partial charge in [0.2, 0.25) is 5.52 Å². The highest BCUT2D eigenvalue weighted by Gasteiger charge is 2.11. The van der Waals surface area contributed by atoms with Gasteiger partial charge in [-0.05, 0) is 44.2 Å². The number of aromatic nitrogens is 1. The molecule has 132 valence electrons. The summed E-state index contributed by atoms with van der Waals surface area (Å²) in [6, 6.07) is 10.9. The zero-order valence-corrected chi connectivity index (χ0v) is 14.8. The fourth-order valence-electron chi connectivity index (χ4n) is 3.24. The molecule has 0 fully saturated rings. The zero-order chi connectivity index (χ0) is 17.0. The minimum absolute atomic E-state index is 0.307. The number of fused-ring (bicyclic) bond motifs is 1. The first-order valence-corrected chi connectivity index (χ1v) is 9.48. The summed E-state index contributed by atoms with van der Waals surface area (Å²) in [6.45, 7) is 1.67. The van der Waals surface area contributed by atoms with Gasteiger partial charge in [0.25, 0.3) is 0 Å². The number of unbranched alkanes of at least 4 members (excludes halogenated alkanes) is 6. The summed E-state index contributed by atoms with van der Waals surface area (Å²) in [5.74, 6) is 0. The summed E-state index contributed by atoms with van der Waals surface area (Å²) in [5.41, 5.74) is 2.72. The molecule has 3 heteroatoms. The summed E-state index contributed by atoms with van der Waals surface area (Å²) in [7, 11) is 0. The SMILES string of the molecule is OCCCCCCc1cc2ccccc2[n+](CCCCCCO)c1. The molecular formula is C21H32NO2+. The van der Waals surface area contributed by atoms with E-state index in [4.69, 9.17) is 10.2 Å².